The second-order valence-electron chi connectivity index (χ2n) is 9.85. The Labute approximate surface area is 223 Å². The zero-order chi connectivity index (χ0) is 27.0. The van der Waals surface area contributed by atoms with Gasteiger partial charge >= 0.3 is 5.56 Å². The molecule has 10 nitrogen and oxygen atoms in total. The van der Waals surface area contributed by atoms with Gasteiger partial charge in [-0.2, -0.15) is 0 Å². The fourth-order valence-electron chi connectivity index (χ4n) is 4.58. The molecule has 200 valence electrons. The number of rotatable bonds is 7. The summed E-state index contributed by atoms with van der Waals surface area (Å²) in [4.78, 5) is 41.7. The molecular weight excluding hydrogens is 509 g/mol. The van der Waals surface area contributed by atoms with Crippen molar-refractivity contribution in [3.63, 3.8) is 0 Å². The van der Waals surface area contributed by atoms with E-state index in [2.05, 4.69) is 14.9 Å². The van der Waals surface area contributed by atoms with Crippen molar-refractivity contribution in [1.29, 1.82) is 0 Å². The maximum atomic E-state index is 13.9. The van der Waals surface area contributed by atoms with Crippen LogP contribution in [0.25, 0.3) is 16.5 Å². The Bertz CT molecular complexity index is 1540. The summed E-state index contributed by atoms with van der Waals surface area (Å²) in [6, 6.07) is 4.75. The van der Waals surface area contributed by atoms with Gasteiger partial charge in [0.15, 0.2) is 5.69 Å². The number of imidazole rings is 1. The number of carbonyl (C=O) groups excluding carboxylic acids is 1. The number of thiazole rings is 1. The Hall–Kier alpha value is -3.61. The van der Waals surface area contributed by atoms with Gasteiger partial charge in [-0.05, 0) is 44.4 Å². The topological polar surface area (TPSA) is 99.2 Å². The minimum Gasteiger partial charge on any atom is -0.501 e. The lowest BCUT2D eigenvalue weighted by atomic mass is 10.0. The molecule has 1 aromatic carbocycles. The van der Waals surface area contributed by atoms with Gasteiger partial charge in [-0.3, -0.25) is 9.59 Å². The fourth-order valence-corrected chi connectivity index (χ4v) is 5.50. The van der Waals surface area contributed by atoms with Crippen LogP contribution in [-0.2, 0) is 24.3 Å². The third kappa shape index (κ3) is 5.33. The second kappa shape index (κ2) is 10.6. The molecule has 12 heteroatoms. The van der Waals surface area contributed by atoms with Crippen molar-refractivity contribution >= 4 is 23.0 Å². The minimum absolute atomic E-state index is 0.0409. The van der Waals surface area contributed by atoms with Crippen molar-refractivity contribution in [3.8, 4) is 16.5 Å². The summed E-state index contributed by atoms with van der Waals surface area (Å²) in [7, 11) is 5.88. The Kier molecular flexibility index (Phi) is 7.28. The molecule has 0 unspecified atom stereocenters. The standard InChI is InChI=1S/C26H30FN7O3S/c1-30(2)15-18-12-19(27)5-4-17(18)13-20-14-28-24(38-20)22-23(36)25(37)34-11-10-33(26(34)29-22)16-21(35)32-8-6-31(3)7-9-32/h4-5,10-12,14,36H,6-9,13,15-16H2,1-3H3. The summed E-state index contributed by atoms with van der Waals surface area (Å²) < 4.78 is 16.7. The molecule has 1 aliphatic heterocycles. The number of aromatic nitrogens is 4. The van der Waals surface area contributed by atoms with E-state index in [1.165, 1.54) is 34.1 Å². The van der Waals surface area contributed by atoms with E-state index in [4.69, 9.17) is 0 Å². The SMILES string of the molecule is CN(C)Cc1cc(F)ccc1Cc1cnc(-c2nc3n(CC(=O)N4CCN(C)CC4)ccn3c(=O)c2O)s1. The summed E-state index contributed by atoms with van der Waals surface area (Å²) in [6.07, 6.45) is 5.33. The Balaban J connectivity index is 1.42. The molecule has 4 heterocycles. The predicted molar refractivity (Wildman–Crippen MR) is 143 cm³/mol. The average Bonchev–Trinajstić information content (AvgIpc) is 3.50. The highest BCUT2D eigenvalue weighted by molar-refractivity contribution is 7.15. The number of likely N-dealkylation sites (N-methyl/N-ethyl adjacent to an activating group) is 1. The normalized spacial score (nSPS) is 14.6. The third-order valence-corrected chi connectivity index (χ3v) is 7.67. The average molecular weight is 540 g/mol. The molecule has 38 heavy (non-hydrogen) atoms. The molecule has 1 aliphatic rings. The Morgan fingerprint density at radius 1 is 1.16 bits per heavy atom. The molecule has 0 atom stereocenters. The maximum absolute atomic E-state index is 13.9. The molecule has 3 aromatic heterocycles. The summed E-state index contributed by atoms with van der Waals surface area (Å²) in [5.41, 5.74) is 1.30. The molecule has 1 amide bonds. The van der Waals surface area contributed by atoms with E-state index in [-0.39, 0.29) is 29.7 Å². The number of hydrogen-bond acceptors (Lipinski definition) is 8. The molecule has 0 bridgehead atoms. The number of fused-ring (bicyclic) bond motifs is 1. The van der Waals surface area contributed by atoms with Crippen LogP contribution < -0.4 is 5.56 Å². The van der Waals surface area contributed by atoms with Crippen LogP contribution in [0.4, 0.5) is 4.39 Å². The van der Waals surface area contributed by atoms with Crippen molar-refractivity contribution in [2.45, 2.75) is 19.5 Å². The molecule has 1 fully saturated rings. The fraction of sp³-hybridized carbons (Fsp3) is 0.385. The van der Waals surface area contributed by atoms with Crippen LogP contribution in [0.3, 0.4) is 0 Å². The van der Waals surface area contributed by atoms with Crippen molar-refractivity contribution in [1.82, 2.24) is 33.6 Å². The van der Waals surface area contributed by atoms with Crippen LogP contribution in [-0.4, -0.2) is 92.0 Å². The number of aromatic hydroxyl groups is 1. The zero-order valence-electron chi connectivity index (χ0n) is 21.6. The van der Waals surface area contributed by atoms with Crippen molar-refractivity contribution in [2.75, 3.05) is 47.3 Å². The molecule has 1 saturated heterocycles. The largest absolute Gasteiger partial charge is 0.501 e. The van der Waals surface area contributed by atoms with E-state index in [0.717, 1.165) is 29.1 Å². The van der Waals surface area contributed by atoms with Gasteiger partial charge in [-0.15, -0.1) is 11.3 Å². The van der Waals surface area contributed by atoms with Gasteiger partial charge < -0.3 is 24.4 Å². The monoisotopic (exact) mass is 539 g/mol. The van der Waals surface area contributed by atoms with Crippen molar-refractivity contribution < 1.29 is 14.3 Å². The first kappa shape index (κ1) is 26.0. The maximum Gasteiger partial charge on any atom is 0.302 e. The number of hydrogen-bond donors (Lipinski definition) is 1. The first-order valence-corrected chi connectivity index (χ1v) is 13.1. The summed E-state index contributed by atoms with van der Waals surface area (Å²) in [6.45, 7) is 3.57. The zero-order valence-corrected chi connectivity index (χ0v) is 22.4. The summed E-state index contributed by atoms with van der Waals surface area (Å²) in [5.74, 6) is -0.576. The van der Waals surface area contributed by atoms with Crippen molar-refractivity contribution in [2.24, 2.45) is 0 Å². The number of benzene rings is 1. The molecule has 1 N–H and O–H groups in total. The minimum atomic E-state index is -0.626. The molecule has 0 radical (unpaired) electrons. The Morgan fingerprint density at radius 3 is 2.66 bits per heavy atom. The van der Waals surface area contributed by atoms with Gasteiger partial charge in [0.1, 0.15) is 17.4 Å². The number of piperazine rings is 1. The van der Waals surface area contributed by atoms with E-state index < -0.39 is 11.3 Å². The van der Waals surface area contributed by atoms with Crippen LogP contribution in [0.5, 0.6) is 5.75 Å². The van der Waals surface area contributed by atoms with Gasteiger partial charge in [0.05, 0.1) is 0 Å². The lowest BCUT2D eigenvalue weighted by molar-refractivity contribution is -0.133. The first-order valence-electron chi connectivity index (χ1n) is 12.3. The molecule has 0 aliphatic carbocycles. The number of carbonyl (C=O) groups is 1. The van der Waals surface area contributed by atoms with Crippen LogP contribution in [0, 0.1) is 5.82 Å². The quantitative estimate of drug-likeness (QED) is 0.383. The number of amides is 1. The molecular formula is C26H30FN7O3S. The molecule has 0 spiro atoms. The summed E-state index contributed by atoms with van der Waals surface area (Å²) in [5, 5.41) is 11.1. The van der Waals surface area contributed by atoms with E-state index in [1.54, 1.807) is 23.0 Å². The smallest absolute Gasteiger partial charge is 0.302 e. The van der Waals surface area contributed by atoms with Crippen LogP contribution >= 0.6 is 11.3 Å². The highest BCUT2D eigenvalue weighted by Gasteiger charge is 2.22. The lowest BCUT2D eigenvalue weighted by Gasteiger charge is -2.32. The van der Waals surface area contributed by atoms with E-state index >= 15 is 0 Å². The van der Waals surface area contributed by atoms with Gasteiger partial charge in [0.25, 0.3) is 0 Å². The first-order chi connectivity index (χ1) is 18.2. The van der Waals surface area contributed by atoms with E-state index in [1.807, 2.05) is 30.9 Å². The summed E-state index contributed by atoms with van der Waals surface area (Å²) >= 11 is 1.31. The van der Waals surface area contributed by atoms with Gasteiger partial charge in [0.2, 0.25) is 17.4 Å². The molecule has 0 saturated carbocycles. The second-order valence-corrected chi connectivity index (χ2v) is 11.0. The van der Waals surface area contributed by atoms with Crippen LogP contribution in [0.15, 0.2) is 41.6 Å². The van der Waals surface area contributed by atoms with Crippen LogP contribution in [0.1, 0.15) is 16.0 Å². The van der Waals surface area contributed by atoms with Crippen molar-refractivity contribution in [3.05, 3.63) is 69.0 Å². The molecule has 4 aromatic rings. The Morgan fingerprint density at radius 2 is 1.92 bits per heavy atom. The van der Waals surface area contributed by atoms with Gasteiger partial charge in [-0.25, -0.2) is 18.8 Å². The van der Waals surface area contributed by atoms with E-state index in [9.17, 15) is 19.1 Å². The number of nitrogens with zero attached hydrogens (tertiary/aromatic N) is 7. The third-order valence-electron chi connectivity index (χ3n) is 6.66. The van der Waals surface area contributed by atoms with Crippen LogP contribution in [0.2, 0.25) is 0 Å². The van der Waals surface area contributed by atoms with Gasteiger partial charge in [-0.1, -0.05) is 6.07 Å². The molecule has 5 rings (SSSR count). The highest BCUT2D eigenvalue weighted by atomic mass is 32.1. The highest BCUT2D eigenvalue weighted by Crippen LogP contribution is 2.30. The van der Waals surface area contributed by atoms with Gasteiger partial charge in [0, 0.05) is 62.6 Å². The predicted octanol–water partition coefficient (Wildman–Crippen LogP) is 1.89. The lowest BCUT2D eigenvalue weighted by Crippen LogP contribution is -2.48. The van der Waals surface area contributed by atoms with E-state index in [0.29, 0.717) is 31.1 Å². The number of halogens is 1.